The van der Waals surface area contributed by atoms with E-state index in [0.717, 1.165) is 21.3 Å². The number of halogens is 1. The molecular formula is C27H24BrNO4. The molecule has 0 radical (unpaired) electrons. The largest absolute Gasteiger partial charge is 0.490 e. The minimum absolute atomic E-state index is 0.244. The zero-order valence-electron chi connectivity index (χ0n) is 18.2. The van der Waals surface area contributed by atoms with Gasteiger partial charge >= 0.3 is 5.97 Å². The Morgan fingerprint density at radius 3 is 2.58 bits per heavy atom. The second kappa shape index (κ2) is 10.4. The van der Waals surface area contributed by atoms with Gasteiger partial charge in [-0.15, -0.1) is 0 Å². The van der Waals surface area contributed by atoms with Gasteiger partial charge in [0.05, 0.1) is 16.6 Å². The molecule has 0 heterocycles. The predicted octanol–water partition coefficient (Wildman–Crippen LogP) is 6.89. The van der Waals surface area contributed by atoms with Gasteiger partial charge in [-0.1, -0.05) is 48.5 Å². The second-order valence-electron chi connectivity index (χ2n) is 7.50. The van der Waals surface area contributed by atoms with Gasteiger partial charge in [-0.05, 0) is 75.1 Å². The Bertz CT molecular complexity index is 1280. The van der Waals surface area contributed by atoms with E-state index in [4.69, 9.17) is 9.47 Å². The van der Waals surface area contributed by atoms with Crippen LogP contribution in [0.3, 0.4) is 0 Å². The molecular weight excluding hydrogens is 482 g/mol. The van der Waals surface area contributed by atoms with Gasteiger partial charge in [-0.25, -0.2) is 4.79 Å². The number of rotatable bonds is 9. The number of ether oxygens (including phenoxy) is 2. The predicted molar refractivity (Wildman–Crippen MR) is 134 cm³/mol. The monoisotopic (exact) mass is 505 g/mol. The van der Waals surface area contributed by atoms with Crippen molar-refractivity contribution in [3.05, 3.63) is 100 Å². The van der Waals surface area contributed by atoms with E-state index in [9.17, 15) is 9.90 Å². The third-order valence-electron chi connectivity index (χ3n) is 5.23. The summed E-state index contributed by atoms with van der Waals surface area (Å²) in [7, 11) is 0. The fourth-order valence-electron chi connectivity index (χ4n) is 3.66. The minimum Gasteiger partial charge on any atom is -0.490 e. The van der Waals surface area contributed by atoms with Crippen LogP contribution in [-0.4, -0.2) is 17.7 Å². The molecule has 4 aromatic carbocycles. The van der Waals surface area contributed by atoms with Gasteiger partial charge in [0.15, 0.2) is 11.5 Å². The van der Waals surface area contributed by atoms with Gasteiger partial charge in [0.25, 0.3) is 0 Å². The summed E-state index contributed by atoms with van der Waals surface area (Å²) in [4.78, 5) is 11.2. The molecule has 0 saturated heterocycles. The van der Waals surface area contributed by atoms with Crippen molar-refractivity contribution >= 4 is 38.4 Å². The van der Waals surface area contributed by atoms with Crippen molar-refractivity contribution in [1.29, 1.82) is 0 Å². The first-order valence-electron chi connectivity index (χ1n) is 10.7. The molecule has 5 nitrogen and oxygen atoms in total. The molecule has 0 saturated carbocycles. The summed E-state index contributed by atoms with van der Waals surface area (Å²) in [5.74, 6) is 0.359. The summed E-state index contributed by atoms with van der Waals surface area (Å²) in [5, 5.41) is 14.8. The van der Waals surface area contributed by atoms with E-state index in [2.05, 4.69) is 45.5 Å². The normalized spacial score (nSPS) is 10.7. The number of carboxylic acid groups (broad SMARTS) is 1. The Balaban J connectivity index is 1.53. The maximum Gasteiger partial charge on any atom is 0.335 e. The van der Waals surface area contributed by atoms with E-state index < -0.39 is 5.97 Å². The number of hydrogen-bond acceptors (Lipinski definition) is 4. The van der Waals surface area contributed by atoms with Crippen LogP contribution in [0.15, 0.2) is 83.3 Å². The van der Waals surface area contributed by atoms with Crippen LogP contribution in [0.1, 0.15) is 28.4 Å². The summed E-state index contributed by atoms with van der Waals surface area (Å²) in [6, 6.07) is 25.1. The Labute approximate surface area is 201 Å². The standard InChI is InChI=1S/C27H24BrNO4/c1-2-32-25-14-18(16-29-22-11-6-9-20(15-22)27(30)31)13-24(28)26(25)33-17-21-10-5-8-19-7-3-4-12-23(19)21/h3-15,29H,2,16-17H2,1H3,(H,30,31). The Morgan fingerprint density at radius 2 is 1.76 bits per heavy atom. The van der Waals surface area contributed by atoms with Gasteiger partial charge in [-0.2, -0.15) is 0 Å². The zero-order valence-corrected chi connectivity index (χ0v) is 19.8. The maximum atomic E-state index is 11.2. The number of benzene rings is 4. The van der Waals surface area contributed by atoms with E-state index in [1.807, 2.05) is 43.3 Å². The lowest BCUT2D eigenvalue weighted by molar-refractivity contribution is 0.0697. The SMILES string of the molecule is CCOc1cc(CNc2cccc(C(=O)O)c2)cc(Br)c1OCc1cccc2ccccc12. The molecule has 0 bridgehead atoms. The average molecular weight is 506 g/mol. The lowest BCUT2D eigenvalue weighted by atomic mass is 10.1. The topological polar surface area (TPSA) is 67.8 Å². The average Bonchev–Trinajstić information content (AvgIpc) is 2.82. The molecule has 0 aliphatic carbocycles. The maximum absolute atomic E-state index is 11.2. The number of fused-ring (bicyclic) bond motifs is 1. The van der Waals surface area contributed by atoms with Crippen LogP contribution in [0, 0.1) is 0 Å². The molecule has 4 rings (SSSR count). The number of carboxylic acids is 1. The molecule has 0 aliphatic heterocycles. The first kappa shape index (κ1) is 22.7. The quantitative estimate of drug-likeness (QED) is 0.259. The molecule has 0 aliphatic rings. The fraction of sp³-hybridized carbons (Fsp3) is 0.148. The third-order valence-corrected chi connectivity index (χ3v) is 5.82. The van der Waals surface area contributed by atoms with Crippen molar-refractivity contribution in [1.82, 2.24) is 0 Å². The fourth-order valence-corrected chi connectivity index (χ4v) is 4.26. The van der Waals surface area contributed by atoms with Crippen LogP contribution in [0.4, 0.5) is 5.69 Å². The Hall–Kier alpha value is -3.51. The highest BCUT2D eigenvalue weighted by atomic mass is 79.9. The lowest BCUT2D eigenvalue weighted by Crippen LogP contribution is -2.05. The van der Waals surface area contributed by atoms with Crippen LogP contribution in [0.5, 0.6) is 11.5 Å². The molecule has 33 heavy (non-hydrogen) atoms. The van der Waals surface area contributed by atoms with Crippen LogP contribution in [-0.2, 0) is 13.2 Å². The number of nitrogens with one attached hydrogen (secondary N) is 1. The Kier molecular flexibility index (Phi) is 7.15. The summed E-state index contributed by atoms with van der Waals surface area (Å²) < 4.78 is 12.9. The highest BCUT2D eigenvalue weighted by Crippen LogP contribution is 2.38. The van der Waals surface area contributed by atoms with Crippen molar-refractivity contribution in [2.45, 2.75) is 20.1 Å². The van der Waals surface area contributed by atoms with Crippen LogP contribution >= 0.6 is 15.9 Å². The summed E-state index contributed by atoms with van der Waals surface area (Å²) >= 11 is 3.64. The second-order valence-corrected chi connectivity index (χ2v) is 8.36. The van der Waals surface area contributed by atoms with Crippen LogP contribution in [0.2, 0.25) is 0 Å². The van der Waals surface area contributed by atoms with E-state index >= 15 is 0 Å². The molecule has 0 atom stereocenters. The molecule has 0 aromatic heterocycles. The van der Waals surface area contributed by atoms with Crippen molar-refractivity contribution in [3.63, 3.8) is 0 Å². The molecule has 0 fully saturated rings. The number of anilines is 1. The lowest BCUT2D eigenvalue weighted by Gasteiger charge is -2.17. The van der Waals surface area contributed by atoms with Gasteiger partial charge in [0.2, 0.25) is 0 Å². The number of hydrogen-bond donors (Lipinski definition) is 2. The minimum atomic E-state index is -0.951. The molecule has 0 amide bonds. The molecule has 2 N–H and O–H groups in total. The van der Waals surface area contributed by atoms with Gasteiger partial charge < -0.3 is 19.9 Å². The van der Waals surface area contributed by atoms with E-state index in [1.54, 1.807) is 18.2 Å². The molecule has 0 spiro atoms. The van der Waals surface area contributed by atoms with Crippen molar-refractivity contribution in [2.75, 3.05) is 11.9 Å². The molecule has 0 unspecified atom stereocenters. The third kappa shape index (κ3) is 5.46. The van der Waals surface area contributed by atoms with Gasteiger partial charge in [0, 0.05) is 12.2 Å². The van der Waals surface area contributed by atoms with E-state index in [-0.39, 0.29) is 5.56 Å². The van der Waals surface area contributed by atoms with Crippen molar-refractivity contribution in [2.24, 2.45) is 0 Å². The highest BCUT2D eigenvalue weighted by Gasteiger charge is 2.14. The first-order chi connectivity index (χ1) is 16.0. The molecule has 6 heteroatoms. The highest BCUT2D eigenvalue weighted by molar-refractivity contribution is 9.10. The summed E-state index contributed by atoms with van der Waals surface area (Å²) in [6.07, 6.45) is 0. The Morgan fingerprint density at radius 1 is 0.970 bits per heavy atom. The molecule has 4 aromatic rings. The van der Waals surface area contributed by atoms with Crippen molar-refractivity contribution < 1.29 is 19.4 Å². The summed E-state index contributed by atoms with van der Waals surface area (Å²) in [6.45, 7) is 3.37. The van der Waals surface area contributed by atoms with E-state index in [1.165, 1.54) is 10.8 Å². The number of aromatic carboxylic acids is 1. The summed E-state index contributed by atoms with van der Waals surface area (Å²) in [5.41, 5.74) is 3.06. The van der Waals surface area contributed by atoms with Crippen LogP contribution < -0.4 is 14.8 Å². The first-order valence-corrected chi connectivity index (χ1v) is 11.5. The number of carbonyl (C=O) groups is 1. The van der Waals surface area contributed by atoms with Gasteiger partial charge in [0.1, 0.15) is 6.61 Å². The van der Waals surface area contributed by atoms with E-state index in [0.29, 0.717) is 31.3 Å². The molecule has 168 valence electrons. The smallest absolute Gasteiger partial charge is 0.335 e. The van der Waals surface area contributed by atoms with Crippen molar-refractivity contribution in [3.8, 4) is 11.5 Å². The van der Waals surface area contributed by atoms with Gasteiger partial charge in [-0.3, -0.25) is 0 Å². The zero-order chi connectivity index (χ0) is 23.2. The van der Waals surface area contributed by atoms with Crippen LogP contribution in [0.25, 0.3) is 10.8 Å².